The van der Waals surface area contributed by atoms with E-state index in [1.165, 1.54) is 0 Å². The minimum Gasteiger partial charge on any atom is -0.323 e. The van der Waals surface area contributed by atoms with Crippen molar-refractivity contribution in [2.24, 2.45) is 5.73 Å². The molecular formula is C10H10Cl2N4. The Morgan fingerprint density at radius 2 is 2.06 bits per heavy atom. The van der Waals surface area contributed by atoms with Gasteiger partial charge in [0.1, 0.15) is 0 Å². The van der Waals surface area contributed by atoms with Crippen LogP contribution in [0.25, 0.3) is 5.69 Å². The standard InChI is InChI=1S/C10H10Cl2N4/c1-6(13)10-5-16(15-14-10)7-2-3-8(11)9(12)4-7/h2-6H,13H2,1H3. The number of hydrogen-bond acceptors (Lipinski definition) is 3. The lowest BCUT2D eigenvalue weighted by Crippen LogP contribution is -2.04. The van der Waals surface area contributed by atoms with Gasteiger partial charge in [0.25, 0.3) is 0 Å². The Balaban J connectivity index is 2.39. The lowest BCUT2D eigenvalue weighted by atomic mass is 10.3. The second kappa shape index (κ2) is 4.41. The monoisotopic (exact) mass is 256 g/mol. The maximum absolute atomic E-state index is 5.91. The van der Waals surface area contributed by atoms with Gasteiger partial charge in [-0.25, -0.2) is 4.68 Å². The second-order valence-corrected chi connectivity index (χ2v) is 4.29. The quantitative estimate of drug-likeness (QED) is 0.899. The first-order chi connectivity index (χ1) is 7.58. The highest BCUT2D eigenvalue weighted by atomic mass is 35.5. The maximum Gasteiger partial charge on any atom is 0.0995 e. The van der Waals surface area contributed by atoms with Crippen LogP contribution in [0.4, 0.5) is 0 Å². The van der Waals surface area contributed by atoms with Crippen molar-refractivity contribution >= 4 is 23.2 Å². The fourth-order valence-electron chi connectivity index (χ4n) is 1.24. The lowest BCUT2D eigenvalue weighted by Gasteiger charge is -2.01. The zero-order chi connectivity index (χ0) is 11.7. The average molecular weight is 257 g/mol. The summed E-state index contributed by atoms with van der Waals surface area (Å²) in [5, 5.41) is 8.91. The van der Waals surface area contributed by atoms with Crippen LogP contribution in [0.5, 0.6) is 0 Å². The van der Waals surface area contributed by atoms with E-state index in [2.05, 4.69) is 10.3 Å². The molecule has 1 heterocycles. The van der Waals surface area contributed by atoms with Crippen LogP contribution in [0.3, 0.4) is 0 Å². The Morgan fingerprint density at radius 3 is 2.62 bits per heavy atom. The Kier molecular flexibility index (Phi) is 3.14. The van der Waals surface area contributed by atoms with Crippen molar-refractivity contribution in [1.82, 2.24) is 15.0 Å². The molecule has 4 nitrogen and oxygen atoms in total. The molecule has 0 saturated heterocycles. The zero-order valence-electron chi connectivity index (χ0n) is 8.56. The largest absolute Gasteiger partial charge is 0.323 e. The van der Waals surface area contributed by atoms with Gasteiger partial charge >= 0.3 is 0 Å². The molecule has 0 aliphatic rings. The summed E-state index contributed by atoms with van der Waals surface area (Å²) >= 11 is 11.7. The zero-order valence-corrected chi connectivity index (χ0v) is 10.1. The van der Waals surface area contributed by atoms with Crippen molar-refractivity contribution in [3.05, 3.63) is 40.1 Å². The first kappa shape index (κ1) is 11.4. The molecule has 16 heavy (non-hydrogen) atoms. The number of benzene rings is 1. The van der Waals surface area contributed by atoms with Gasteiger partial charge in [0.15, 0.2) is 0 Å². The number of aromatic nitrogens is 3. The second-order valence-electron chi connectivity index (χ2n) is 3.48. The van der Waals surface area contributed by atoms with Crippen molar-refractivity contribution < 1.29 is 0 Å². The highest BCUT2D eigenvalue weighted by Crippen LogP contribution is 2.24. The molecule has 1 aromatic carbocycles. The molecule has 1 atom stereocenters. The number of rotatable bonds is 2. The summed E-state index contributed by atoms with van der Waals surface area (Å²) in [7, 11) is 0. The molecule has 0 saturated carbocycles. The Hall–Kier alpha value is -1.10. The van der Waals surface area contributed by atoms with Gasteiger partial charge in [-0.05, 0) is 25.1 Å². The summed E-state index contributed by atoms with van der Waals surface area (Å²) in [5.74, 6) is 0. The minimum atomic E-state index is -0.142. The van der Waals surface area contributed by atoms with Crippen molar-refractivity contribution in [3.63, 3.8) is 0 Å². The molecule has 0 aliphatic carbocycles. The van der Waals surface area contributed by atoms with E-state index in [1.807, 2.05) is 13.0 Å². The van der Waals surface area contributed by atoms with E-state index in [9.17, 15) is 0 Å². The highest BCUT2D eigenvalue weighted by Gasteiger charge is 2.07. The number of nitrogens with zero attached hydrogens (tertiary/aromatic N) is 3. The topological polar surface area (TPSA) is 56.7 Å². The van der Waals surface area contributed by atoms with Gasteiger partial charge in [-0.3, -0.25) is 0 Å². The van der Waals surface area contributed by atoms with Crippen LogP contribution in [-0.4, -0.2) is 15.0 Å². The van der Waals surface area contributed by atoms with Gasteiger partial charge in [-0.1, -0.05) is 28.4 Å². The van der Waals surface area contributed by atoms with Crippen LogP contribution in [0.2, 0.25) is 10.0 Å². The minimum absolute atomic E-state index is 0.142. The van der Waals surface area contributed by atoms with E-state index in [1.54, 1.807) is 23.0 Å². The van der Waals surface area contributed by atoms with E-state index in [0.29, 0.717) is 10.0 Å². The summed E-state index contributed by atoms with van der Waals surface area (Å²) in [4.78, 5) is 0. The SMILES string of the molecule is CC(N)c1cn(-c2ccc(Cl)c(Cl)c2)nn1. The molecule has 2 rings (SSSR count). The molecule has 0 amide bonds. The average Bonchev–Trinajstić information content (AvgIpc) is 2.71. The summed E-state index contributed by atoms with van der Waals surface area (Å²) in [6.45, 7) is 1.85. The first-order valence-corrected chi connectivity index (χ1v) is 5.47. The van der Waals surface area contributed by atoms with Gasteiger partial charge in [0, 0.05) is 6.04 Å². The molecule has 6 heteroatoms. The lowest BCUT2D eigenvalue weighted by molar-refractivity contribution is 0.756. The fraction of sp³-hybridized carbons (Fsp3) is 0.200. The Bertz CT molecular complexity index is 507. The normalized spacial score (nSPS) is 12.8. The molecule has 1 aromatic heterocycles. The predicted octanol–water partition coefficient (Wildman–Crippen LogP) is 2.59. The van der Waals surface area contributed by atoms with Crippen LogP contribution >= 0.6 is 23.2 Å². The van der Waals surface area contributed by atoms with Crippen LogP contribution in [0.15, 0.2) is 24.4 Å². The van der Waals surface area contributed by atoms with E-state index >= 15 is 0 Å². The van der Waals surface area contributed by atoms with Gasteiger partial charge in [-0.2, -0.15) is 0 Å². The summed E-state index contributed by atoms with van der Waals surface area (Å²) in [6.07, 6.45) is 1.77. The first-order valence-electron chi connectivity index (χ1n) is 4.71. The van der Waals surface area contributed by atoms with Gasteiger partial charge in [0.2, 0.25) is 0 Å². The molecule has 0 fully saturated rings. The summed E-state index contributed by atoms with van der Waals surface area (Å²) < 4.78 is 1.61. The highest BCUT2D eigenvalue weighted by molar-refractivity contribution is 6.42. The molecule has 0 spiro atoms. The van der Waals surface area contributed by atoms with Crippen LogP contribution in [0, 0.1) is 0 Å². The van der Waals surface area contributed by atoms with Crippen LogP contribution < -0.4 is 5.73 Å². The van der Waals surface area contributed by atoms with E-state index in [4.69, 9.17) is 28.9 Å². The van der Waals surface area contributed by atoms with Gasteiger partial charge in [-0.15, -0.1) is 5.10 Å². The molecule has 0 aliphatic heterocycles. The van der Waals surface area contributed by atoms with Crippen molar-refractivity contribution in [2.75, 3.05) is 0 Å². The molecule has 1 unspecified atom stereocenters. The van der Waals surface area contributed by atoms with Gasteiger partial charge < -0.3 is 5.73 Å². The number of halogens is 2. The Labute approximate surface area is 103 Å². The van der Waals surface area contributed by atoms with Gasteiger partial charge in [0.05, 0.1) is 27.6 Å². The van der Waals surface area contributed by atoms with E-state index < -0.39 is 0 Å². The van der Waals surface area contributed by atoms with Crippen molar-refractivity contribution in [3.8, 4) is 5.69 Å². The predicted molar refractivity (Wildman–Crippen MR) is 64.0 cm³/mol. The van der Waals surface area contributed by atoms with Crippen LogP contribution in [0.1, 0.15) is 18.7 Å². The third kappa shape index (κ3) is 2.19. The number of nitrogens with two attached hydrogens (primary N) is 1. The maximum atomic E-state index is 5.91. The smallest absolute Gasteiger partial charge is 0.0995 e. The Morgan fingerprint density at radius 1 is 1.31 bits per heavy atom. The number of hydrogen-bond donors (Lipinski definition) is 1. The summed E-state index contributed by atoms with van der Waals surface area (Å²) in [6, 6.07) is 5.11. The third-order valence-electron chi connectivity index (χ3n) is 2.15. The van der Waals surface area contributed by atoms with Crippen LogP contribution in [-0.2, 0) is 0 Å². The molecule has 2 N–H and O–H groups in total. The van der Waals surface area contributed by atoms with E-state index in [-0.39, 0.29) is 6.04 Å². The molecule has 2 aromatic rings. The van der Waals surface area contributed by atoms with E-state index in [0.717, 1.165) is 11.4 Å². The molecule has 0 bridgehead atoms. The molecule has 84 valence electrons. The molecule has 0 radical (unpaired) electrons. The fourth-order valence-corrected chi connectivity index (χ4v) is 1.53. The van der Waals surface area contributed by atoms with Crippen molar-refractivity contribution in [1.29, 1.82) is 0 Å². The van der Waals surface area contributed by atoms with Crippen molar-refractivity contribution in [2.45, 2.75) is 13.0 Å². The summed E-state index contributed by atoms with van der Waals surface area (Å²) in [5.41, 5.74) is 7.22. The third-order valence-corrected chi connectivity index (χ3v) is 2.88. The molecular weight excluding hydrogens is 247 g/mol.